The molecule has 0 amide bonds. The van der Waals surface area contributed by atoms with Crippen molar-refractivity contribution >= 4 is 12.1 Å². The van der Waals surface area contributed by atoms with E-state index in [0.29, 0.717) is 12.8 Å². The Morgan fingerprint density at radius 1 is 0.960 bits per heavy atom. The SMILES string of the molecule is CCOC(=O)OCC(COC(=O)C(C)(C)CC(C)(C)C)OC(O)CC. The van der Waals surface area contributed by atoms with Crippen molar-refractivity contribution in [3.63, 3.8) is 0 Å². The van der Waals surface area contributed by atoms with Crippen molar-refractivity contribution < 1.29 is 33.6 Å². The first kappa shape index (κ1) is 23.7. The van der Waals surface area contributed by atoms with Crippen molar-refractivity contribution in [3.05, 3.63) is 0 Å². The quantitative estimate of drug-likeness (QED) is 0.471. The van der Waals surface area contributed by atoms with Crippen LogP contribution in [0.5, 0.6) is 0 Å². The third kappa shape index (κ3) is 11.0. The molecule has 25 heavy (non-hydrogen) atoms. The van der Waals surface area contributed by atoms with Gasteiger partial charge in [0.15, 0.2) is 6.29 Å². The van der Waals surface area contributed by atoms with Gasteiger partial charge in [0.1, 0.15) is 19.3 Å². The first-order valence-corrected chi connectivity index (χ1v) is 8.71. The van der Waals surface area contributed by atoms with Gasteiger partial charge in [-0.3, -0.25) is 4.79 Å². The third-order valence-corrected chi connectivity index (χ3v) is 3.27. The fourth-order valence-electron chi connectivity index (χ4n) is 2.53. The predicted molar refractivity (Wildman–Crippen MR) is 93.0 cm³/mol. The second-order valence-electron chi connectivity index (χ2n) is 7.83. The van der Waals surface area contributed by atoms with E-state index in [0.717, 1.165) is 0 Å². The molecule has 0 aromatic heterocycles. The van der Waals surface area contributed by atoms with Crippen LogP contribution in [0.25, 0.3) is 0 Å². The van der Waals surface area contributed by atoms with Gasteiger partial charge < -0.3 is 24.1 Å². The van der Waals surface area contributed by atoms with Gasteiger partial charge in [-0.1, -0.05) is 27.7 Å². The van der Waals surface area contributed by atoms with E-state index in [1.807, 2.05) is 13.8 Å². The van der Waals surface area contributed by atoms with Crippen LogP contribution in [-0.4, -0.2) is 49.4 Å². The molecular formula is C18H34O7. The standard InChI is InChI=1S/C18H34O7/c1-8-14(19)25-13(11-24-16(21)22-9-2)10-23-15(20)18(6,7)12-17(3,4)5/h13-14,19H,8-12H2,1-7H3. The molecule has 0 radical (unpaired) electrons. The van der Waals surface area contributed by atoms with E-state index in [2.05, 4.69) is 25.5 Å². The van der Waals surface area contributed by atoms with E-state index in [4.69, 9.17) is 14.2 Å². The summed E-state index contributed by atoms with van der Waals surface area (Å²) in [6.45, 7) is 13.1. The second-order valence-corrected chi connectivity index (χ2v) is 7.83. The van der Waals surface area contributed by atoms with E-state index >= 15 is 0 Å². The molecule has 0 aliphatic carbocycles. The summed E-state index contributed by atoms with van der Waals surface area (Å²) in [6, 6.07) is 0. The molecule has 2 unspecified atom stereocenters. The molecule has 1 N–H and O–H groups in total. The summed E-state index contributed by atoms with van der Waals surface area (Å²) >= 11 is 0. The number of rotatable bonds is 10. The van der Waals surface area contributed by atoms with Gasteiger partial charge in [-0.05, 0) is 39.0 Å². The van der Waals surface area contributed by atoms with E-state index in [9.17, 15) is 14.7 Å². The number of aliphatic hydroxyl groups is 1. The van der Waals surface area contributed by atoms with E-state index in [-0.39, 0.29) is 31.2 Å². The van der Waals surface area contributed by atoms with Crippen molar-refractivity contribution in [2.24, 2.45) is 10.8 Å². The van der Waals surface area contributed by atoms with Crippen LogP contribution in [0.15, 0.2) is 0 Å². The van der Waals surface area contributed by atoms with E-state index < -0.39 is 24.0 Å². The predicted octanol–water partition coefficient (Wildman–Crippen LogP) is 3.28. The van der Waals surface area contributed by atoms with Crippen molar-refractivity contribution in [1.82, 2.24) is 0 Å². The van der Waals surface area contributed by atoms with Gasteiger partial charge in [-0.15, -0.1) is 0 Å². The molecule has 0 saturated heterocycles. The monoisotopic (exact) mass is 362 g/mol. The Morgan fingerprint density at radius 3 is 2.00 bits per heavy atom. The summed E-state index contributed by atoms with van der Waals surface area (Å²) in [5.41, 5.74) is -0.683. The Bertz CT molecular complexity index is 412. The molecule has 0 heterocycles. The van der Waals surface area contributed by atoms with Gasteiger partial charge in [0.05, 0.1) is 12.0 Å². The zero-order valence-corrected chi connectivity index (χ0v) is 16.6. The molecule has 0 aliphatic heterocycles. The lowest BCUT2D eigenvalue weighted by Crippen LogP contribution is -2.36. The average Bonchev–Trinajstić information content (AvgIpc) is 2.47. The number of hydrogen-bond donors (Lipinski definition) is 1. The highest BCUT2D eigenvalue weighted by Crippen LogP contribution is 2.34. The van der Waals surface area contributed by atoms with E-state index in [1.165, 1.54) is 0 Å². The topological polar surface area (TPSA) is 91.3 Å². The van der Waals surface area contributed by atoms with Crippen LogP contribution in [0.3, 0.4) is 0 Å². The molecule has 0 fully saturated rings. The molecule has 0 rings (SSSR count). The molecule has 0 aromatic rings. The second kappa shape index (κ2) is 10.6. The minimum absolute atomic E-state index is 0.0240. The fraction of sp³-hybridized carbons (Fsp3) is 0.889. The Morgan fingerprint density at radius 2 is 1.52 bits per heavy atom. The molecule has 7 heteroatoms. The Hall–Kier alpha value is -1.34. The molecular weight excluding hydrogens is 328 g/mol. The summed E-state index contributed by atoms with van der Waals surface area (Å²) < 4.78 is 20.3. The van der Waals surface area contributed by atoms with Crippen LogP contribution in [0.1, 0.15) is 61.3 Å². The van der Waals surface area contributed by atoms with Gasteiger partial charge >= 0.3 is 12.1 Å². The van der Waals surface area contributed by atoms with Crippen LogP contribution in [-0.2, 0) is 23.7 Å². The van der Waals surface area contributed by atoms with Gasteiger partial charge in [0.2, 0.25) is 0 Å². The molecule has 0 aliphatic rings. The molecule has 0 aromatic carbocycles. The number of carbonyl (C=O) groups is 2. The summed E-state index contributed by atoms with van der Waals surface area (Å²) in [5.74, 6) is -0.363. The zero-order valence-electron chi connectivity index (χ0n) is 16.6. The maximum Gasteiger partial charge on any atom is 0.508 e. The van der Waals surface area contributed by atoms with Gasteiger partial charge in [-0.2, -0.15) is 0 Å². The fourth-order valence-corrected chi connectivity index (χ4v) is 2.53. The highest BCUT2D eigenvalue weighted by atomic mass is 16.7. The summed E-state index contributed by atoms with van der Waals surface area (Å²) in [4.78, 5) is 23.7. The van der Waals surface area contributed by atoms with Crippen molar-refractivity contribution in [2.45, 2.75) is 73.7 Å². The Labute approximate surface area is 151 Å². The largest absolute Gasteiger partial charge is 0.508 e. The van der Waals surface area contributed by atoms with Crippen LogP contribution in [0.2, 0.25) is 0 Å². The van der Waals surface area contributed by atoms with Crippen molar-refractivity contribution in [3.8, 4) is 0 Å². The van der Waals surface area contributed by atoms with Gasteiger partial charge in [-0.25, -0.2) is 4.79 Å². The lowest BCUT2D eigenvalue weighted by molar-refractivity contribution is -0.180. The first-order valence-electron chi connectivity index (χ1n) is 8.71. The average molecular weight is 362 g/mol. The molecule has 0 spiro atoms. The van der Waals surface area contributed by atoms with Crippen LogP contribution < -0.4 is 0 Å². The molecule has 148 valence electrons. The maximum absolute atomic E-state index is 12.4. The van der Waals surface area contributed by atoms with Crippen LogP contribution in [0, 0.1) is 10.8 Å². The lowest BCUT2D eigenvalue weighted by Gasteiger charge is -2.31. The normalized spacial score (nSPS) is 14.6. The zero-order chi connectivity index (χ0) is 19.7. The highest BCUT2D eigenvalue weighted by Gasteiger charge is 2.34. The molecule has 2 atom stereocenters. The summed E-state index contributed by atoms with van der Waals surface area (Å²) in [6.07, 6.45) is -1.62. The Kier molecular flexibility index (Phi) is 10.0. The summed E-state index contributed by atoms with van der Waals surface area (Å²) in [5, 5.41) is 9.64. The minimum atomic E-state index is -1.03. The molecule has 7 nitrogen and oxygen atoms in total. The molecule has 0 saturated carbocycles. The van der Waals surface area contributed by atoms with Crippen molar-refractivity contribution in [2.75, 3.05) is 19.8 Å². The number of aliphatic hydroxyl groups excluding tert-OH is 1. The number of carbonyl (C=O) groups excluding carboxylic acids is 2. The number of hydrogen-bond acceptors (Lipinski definition) is 7. The number of ether oxygens (including phenoxy) is 4. The highest BCUT2D eigenvalue weighted by molar-refractivity contribution is 5.76. The van der Waals surface area contributed by atoms with Gasteiger partial charge in [0, 0.05) is 0 Å². The number of esters is 1. The van der Waals surface area contributed by atoms with E-state index in [1.54, 1.807) is 13.8 Å². The van der Waals surface area contributed by atoms with Gasteiger partial charge in [0.25, 0.3) is 0 Å². The maximum atomic E-state index is 12.4. The first-order chi connectivity index (χ1) is 11.4. The lowest BCUT2D eigenvalue weighted by atomic mass is 9.76. The Balaban J connectivity index is 4.67. The smallest absolute Gasteiger partial charge is 0.462 e. The summed E-state index contributed by atoms with van der Waals surface area (Å²) in [7, 11) is 0. The van der Waals surface area contributed by atoms with Crippen molar-refractivity contribution in [1.29, 1.82) is 0 Å². The minimum Gasteiger partial charge on any atom is -0.462 e. The molecule has 0 bridgehead atoms. The third-order valence-electron chi connectivity index (χ3n) is 3.27. The van der Waals surface area contributed by atoms with Crippen LogP contribution >= 0.6 is 0 Å². The van der Waals surface area contributed by atoms with Crippen LogP contribution in [0.4, 0.5) is 4.79 Å².